The van der Waals surface area contributed by atoms with Crippen LogP contribution in [0.2, 0.25) is 0 Å². The molecule has 3 heteroatoms. The summed E-state index contributed by atoms with van der Waals surface area (Å²) >= 11 is 0. The molecule has 0 aromatic carbocycles. The van der Waals surface area contributed by atoms with E-state index in [9.17, 15) is 4.79 Å². The van der Waals surface area contributed by atoms with Crippen molar-refractivity contribution in [3.63, 3.8) is 0 Å². The Morgan fingerprint density at radius 2 is 2.08 bits per heavy atom. The minimum absolute atomic E-state index is 0.286. The fraction of sp³-hybridized carbons (Fsp3) is 0.900. The number of nitrogens with zero attached hydrogens (tertiary/aromatic N) is 1. The Morgan fingerprint density at radius 3 is 2.77 bits per heavy atom. The van der Waals surface area contributed by atoms with E-state index in [0.29, 0.717) is 11.8 Å². The Bertz CT molecular complexity index is 182. The Balaban J connectivity index is 0.000000396. The zero-order valence-electron chi connectivity index (χ0n) is 8.84. The van der Waals surface area contributed by atoms with Gasteiger partial charge in [-0.3, -0.25) is 4.79 Å². The van der Waals surface area contributed by atoms with Crippen molar-refractivity contribution in [1.29, 1.82) is 0 Å². The Morgan fingerprint density at radius 1 is 1.38 bits per heavy atom. The van der Waals surface area contributed by atoms with E-state index in [1.165, 1.54) is 6.42 Å². The van der Waals surface area contributed by atoms with Crippen molar-refractivity contribution < 1.29 is 4.79 Å². The third-order valence-electron chi connectivity index (χ3n) is 2.87. The lowest BCUT2D eigenvalue weighted by Gasteiger charge is -2.30. The summed E-state index contributed by atoms with van der Waals surface area (Å²) in [7, 11) is 1.90. The maximum Gasteiger partial charge on any atom is 0.227 e. The molecule has 13 heavy (non-hydrogen) atoms. The maximum absolute atomic E-state index is 11.5. The van der Waals surface area contributed by atoms with E-state index in [0.717, 1.165) is 19.6 Å². The predicted octanol–water partition coefficient (Wildman–Crippen LogP) is 0.710. The lowest BCUT2D eigenvalue weighted by Crippen LogP contribution is -2.42. The van der Waals surface area contributed by atoms with Crippen molar-refractivity contribution in [2.24, 2.45) is 11.8 Å². The van der Waals surface area contributed by atoms with Crippen molar-refractivity contribution in [3.05, 3.63) is 0 Å². The Kier molecular flexibility index (Phi) is 3.72. The van der Waals surface area contributed by atoms with E-state index >= 15 is 0 Å². The zero-order chi connectivity index (χ0) is 9.84. The third kappa shape index (κ3) is 2.02. The molecule has 0 radical (unpaired) electrons. The van der Waals surface area contributed by atoms with Gasteiger partial charge in [-0.05, 0) is 18.9 Å². The number of piperidine rings is 1. The number of amides is 1. The van der Waals surface area contributed by atoms with Crippen LogP contribution in [0, 0.1) is 11.8 Å². The molecule has 2 fully saturated rings. The molecule has 2 unspecified atom stereocenters. The van der Waals surface area contributed by atoms with Gasteiger partial charge in [0.15, 0.2) is 0 Å². The summed E-state index contributed by atoms with van der Waals surface area (Å²) in [5, 5.41) is 3.27. The average Bonchev–Trinajstić information content (AvgIpc) is 2.63. The molecule has 2 aliphatic heterocycles. The molecule has 1 amide bonds. The van der Waals surface area contributed by atoms with E-state index in [1.807, 2.05) is 25.8 Å². The molecular weight excluding hydrogens is 164 g/mol. The van der Waals surface area contributed by atoms with Gasteiger partial charge in [-0.25, -0.2) is 0 Å². The van der Waals surface area contributed by atoms with Crippen LogP contribution in [0.1, 0.15) is 20.3 Å². The van der Waals surface area contributed by atoms with Crippen LogP contribution in [0.3, 0.4) is 0 Å². The lowest BCUT2D eigenvalue weighted by molar-refractivity contribution is -0.137. The molecule has 0 aromatic heterocycles. The van der Waals surface area contributed by atoms with Crippen molar-refractivity contribution in [2.75, 3.05) is 26.7 Å². The first kappa shape index (κ1) is 10.5. The molecule has 3 nitrogen and oxygen atoms in total. The monoisotopic (exact) mass is 184 g/mol. The standard InChI is InChI=1S/C8H14N2O.C2H6/c1-10-3-2-6-4-9-5-7(6)8(10)11;1-2/h6-7,9H,2-5H2,1H3;1-2H3. The summed E-state index contributed by atoms with van der Waals surface area (Å²) < 4.78 is 0. The largest absolute Gasteiger partial charge is 0.345 e. The van der Waals surface area contributed by atoms with Crippen molar-refractivity contribution >= 4 is 5.91 Å². The molecule has 2 heterocycles. The number of likely N-dealkylation sites (tertiary alicyclic amines) is 1. The highest BCUT2D eigenvalue weighted by Gasteiger charge is 2.37. The van der Waals surface area contributed by atoms with E-state index in [4.69, 9.17) is 0 Å². The van der Waals surface area contributed by atoms with Crippen LogP contribution >= 0.6 is 0 Å². The second kappa shape index (κ2) is 4.61. The summed E-state index contributed by atoms with van der Waals surface area (Å²) in [6, 6.07) is 0. The van der Waals surface area contributed by atoms with Crippen LogP contribution in [0.5, 0.6) is 0 Å². The fourth-order valence-corrected chi connectivity index (χ4v) is 2.08. The van der Waals surface area contributed by atoms with Gasteiger partial charge in [0.2, 0.25) is 5.91 Å². The maximum atomic E-state index is 11.5. The van der Waals surface area contributed by atoms with E-state index < -0.39 is 0 Å². The topological polar surface area (TPSA) is 32.3 Å². The van der Waals surface area contributed by atoms with E-state index in [1.54, 1.807) is 0 Å². The molecule has 0 spiro atoms. The highest BCUT2D eigenvalue weighted by Crippen LogP contribution is 2.26. The van der Waals surface area contributed by atoms with Crippen LogP contribution in [0.25, 0.3) is 0 Å². The molecule has 2 atom stereocenters. The second-order valence-corrected chi connectivity index (χ2v) is 3.57. The van der Waals surface area contributed by atoms with Gasteiger partial charge in [-0.2, -0.15) is 0 Å². The summed E-state index contributed by atoms with van der Waals surface area (Å²) in [6.07, 6.45) is 1.18. The number of carbonyl (C=O) groups excluding carboxylic acids is 1. The van der Waals surface area contributed by atoms with Crippen LogP contribution in [0.15, 0.2) is 0 Å². The molecule has 0 aromatic rings. The average molecular weight is 184 g/mol. The highest BCUT2D eigenvalue weighted by molar-refractivity contribution is 5.80. The van der Waals surface area contributed by atoms with Gasteiger partial charge in [0.25, 0.3) is 0 Å². The van der Waals surface area contributed by atoms with Crippen LogP contribution in [-0.2, 0) is 4.79 Å². The molecule has 0 saturated carbocycles. The number of hydrogen-bond acceptors (Lipinski definition) is 2. The number of rotatable bonds is 0. The van der Waals surface area contributed by atoms with Gasteiger partial charge < -0.3 is 10.2 Å². The first-order chi connectivity index (χ1) is 6.29. The summed E-state index contributed by atoms with van der Waals surface area (Å²) in [6.45, 7) is 6.89. The minimum atomic E-state index is 0.286. The smallest absolute Gasteiger partial charge is 0.227 e. The minimum Gasteiger partial charge on any atom is -0.345 e. The van der Waals surface area contributed by atoms with E-state index in [-0.39, 0.29) is 5.92 Å². The van der Waals surface area contributed by atoms with E-state index in [2.05, 4.69) is 5.32 Å². The summed E-state index contributed by atoms with van der Waals surface area (Å²) in [5.74, 6) is 1.25. The molecule has 2 saturated heterocycles. The number of nitrogens with one attached hydrogen (secondary N) is 1. The third-order valence-corrected chi connectivity index (χ3v) is 2.87. The molecule has 2 rings (SSSR count). The van der Waals surface area contributed by atoms with Crippen LogP contribution in [0.4, 0.5) is 0 Å². The molecule has 0 bridgehead atoms. The molecule has 0 aliphatic carbocycles. The number of fused-ring (bicyclic) bond motifs is 1. The molecular formula is C10H20N2O. The number of hydrogen-bond donors (Lipinski definition) is 1. The van der Waals surface area contributed by atoms with Crippen molar-refractivity contribution in [3.8, 4) is 0 Å². The quantitative estimate of drug-likeness (QED) is 0.601. The SMILES string of the molecule is CC.CN1CCC2CNCC2C1=O. The predicted molar refractivity (Wildman–Crippen MR) is 53.5 cm³/mol. The van der Waals surface area contributed by atoms with Crippen LogP contribution in [-0.4, -0.2) is 37.5 Å². The van der Waals surface area contributed by atoms with Gasteiger partial charge in [-0.15, -0.1) is 0 Å². The van der Waals surface area contributed by atoms with Gasteiger partial charge >= 0.3 is 0 Å². The molecule has 76 valence electrons. The highest BCUT2D eigenvalue weighted by atomic mass is 16.2. The van der Waals surface area contributed by atoms with Gasteiger partial charge in [0, 0.05) is 20.1 Å². The molecule has 2 aliphatic rings. The molecule has 1 N–H and O–H groups in total. The van der Waals surface area contributed by atoms with Crippen LogP contribution < -0.4 is 5.32 Å². The number of carbonyl (C=O) groups is 1. The zero-order valence-corrected chi connectivity index (χ0v) is 8.84. The summed E-state index contributed by atoms with van der Waals surface area (Å²) in [4.78, 5) is 13.3. The first-order valence-electron chi connectivity index (χ1n) is 5.25. The Labute approximate surface area is 80.5 Å². The summed E-state index contributed by atoms with van der Waals surface area (Å²) in [5.41, 5.74) is 0. The van der Waals surface area contributed by atoms with Gasteiger partial charge in [-0.1, -0.05) is 13.8 Å². The van der Waals surface area contributed by atoms with Crippen molar-refractivity contribution in [2.45, 2.75) is 20.3 Å². The van der Waals surface area contributed by atoms with Gasteiger partial charge in [0.05, 0.1) is 5.92 Å². The van der Waals surface area contributed by atoms with Crippen molar-refractivity contribution in [1.82, 2.24) is 10.2 Å². The Hall–Kier alpha value is -0.570. The fourth-order valence-electron chi connectivity index (χ4n) is 2.08. The first-order valence-corrected chi connectivity index (χ1v) is 5.25. The normalized spacial score (nSPS) is 32.2. The second-order valence-electron chi connectivity index (χ2n) is 3.57. The lowest BCUT2D eigenvalue weighted by atomic mass is 9.88. The van der Waals surface area contributed by atoms with Gasteiger partial charge in [0.1, 0.15) is 0 Å².